The molecule has 2 aliphatic rings. The first-order valence-electron chi connectivity index (χ1n) is 9.79. The summed E-state index contributed by atoms with van der Waals surface area (Å²) in [4.78, 5) is 28.6. The second kappa shape index (κ2) is 7.05. The highest BCUT2D eigenvalue weighted by Gasteiger charge is 2.45. The number of nitrogens with zero attached hydrogens (tertiary/aromatic N) is 4. The van der Waals surface area contributed by atoms with Gasteiger partial charge >= 0.3 is 0 Å². The number of likely N-dealkylation sites (tertiary alicyclic amines) is 1. The fourth-order valence-electron chi connectivity index (χ4n) is 4.62. The van der Waals surface area contributed by atoms with Crippen LogP contribution in [0.2, 0.25) is 0 Å². The Morgan fingerprint density at radius 3 is 2.50 bits per heavy atom. The van der Waals surface area contributed by atoms with Crippen LogP contribution in [0.25, 0.3) is 0 Å². The van der Waals surface area contributed by atoms with E-state index < -0.39 is 0 Å². The minimum absolute atomic E-state index is 0.00416. The van der Waals surface area contributed by atoms with Gasteiger partial charge in [-0.15, -0.1) is 0 Å². The molecular weight excluding hydrogens is 328 g/mol. The Morgan fingerprint density at radius 1 is 1.27 bits per heavy atom. The van der Waals surface area contributed by atoms with Gasteiger partial charge in [-0.2, -0.15) is 5.10 Å². The van der Waals surface area contributed by atoms with Gasteiger partial charge in [0.2, 0.25) is 11.8 Å². The first kappa shape index (κ1) is 18.9. The third-order valence-corrected chi connectivity index (χ3v) is 6.18. The average molecular weight is 361 g/mol. The van der Waals surface area contributed by atoms with Crippen molar-refractivity contribution in [3.63, 3.8) is 0 Å². The van der Waals surface area contributed by atoms with Gasteiger partial charge in [0.25, 0.3) is 0 Å². The molecule has 0 radical (unpaired) electrons. The number of aromatic nitrogens is 2. The summed E-state index contributed by atoms with van der Waals surface area (Å²) in [6, 6.07) is 0.299. The SMILES string of the molecule is Cc1nn(C(C)C)c(C)c1CN(C)C(=O)CN1CC2(CCCC2)CC1=O. The Bertz CT molecular complexity index is 701. The lowest BCUT2D eigenvalue weighted by Crippen LogP contribution is -2.39. The highest BCUT2D eigenvalue weighted by atomic mass is 16.2. The van der Waals surface area contributed by atoms with Crippen molar-refractivity contribution in [2.45, 2.75) is 72.4 Å². The predicted molar refractivity (Wildman–Crippen MR) is 101 cm³/mol. The van der Waals surface area contributed by atoms with Crippen LogP contribution in [0.1, 0.15) is 68.9 Å². The number of likely N-dealkylation sites (N-methyl/N-ethyl adjacent to an activating group) is 1. The molecule has 6 nitrogen and oxygen atoms in total. The van der Waals surface area contributed by atoms with E-state index in [4.69, 9.17) is 0 Å². The summed E-state index contributed by atoms with van der Waals surface area (Å²) in [5.41, 5.74) is 3.34. The van der Waals surface area contributed by atoms with Gasteiger partial charge in [0.15, 0.2) is 0 Å². The minimum Gasteiger partial charge on any atom is -0.340 e. The van der Waals surface area contributed by atoms with Crippen molar-refractivity contribution >= 4 is 11.8 Å². The van der Waals surface area contributed by atoms with Gasteiger partial charge in [-0.05, 0) is 46.0 Å². The molecule has 0 atom stereocenters. The van der Waals surface area contributed by atoms with Crippen molar-refractivity contribution in [1.82, 2.24) is 19.6 Å². The number of amides is 2. The molecule has 6 heteroatoms. The number of carbonyl (C=O) groups excluding carboxylic acids is 2. The number of hydrogen-bond donors (Lipinski definition) is 0. The van der Waals surface area contributed by atoms with Crippen molar-refractivity contribution in [1.29, 1.82) is 0 Å². The first-order valence-corrected chi connectivity index (χ1v) is 9.79. The van der Waals surface area contributed by atoms with E-state index in [1.54, 1.807) is 9.80 Å². The van der Waals surface area contributed by atoms with E-state index in [-0.39, 0.29) is 23.8 Å². The van der Waals surface area contributed by atoms with Crippen LogP contribution >= 0.6 is 0 Å². The van der Waals surface area contributed by atoms with Crippen molar-refractivity contribution < 1.29 is 9.59 Å². The summed E-state index contributed by atoms with van der Waals surface area (Å²) in [5.74, 6) is 0.151. The molecule has 2 fully saturated rings. The van der Waals surface area contributed by atoms with Crippen LogP contribution in [0.4, 0.5) is 0 Å². The molecule has 0 N–H and O–H groups in total. The molecule has 144 valence electrons. The number of hydrogen-bond acceptors (Lipinski definition) is 3. The van der Waals surface area contributed by atoms with E-state index in [2.05, 4.69) is 25.9 Å². The molecule has 2 amide bonds. The lowest BCUT2D eigenvalue weighted by molar-refractivity contribution is -0.137. The molecule has 1 aliphatic heterocycles. The van der Waals surface area contributed by atoms with Crippen LogP contribution in [0.5, 0.6) is 0 Å². The van der Waals surface area contributed by atoms with Crippen LogP contribution < -0.4 is 0 Å². The standard InChI is InChI=1S/C20H32N4O2/c1-14(2)24-16(4)17(15(3)21-24)11-22(5)19(26)12-23-13-20(10-18(23)25)8-6-7-9-20/h14H,6-13H2,1-5H3. The lowest BCUT2D eigenvalue weighted by Gasteiger charge is -2.25. The molecule has 0 unspecified atom stereocenters. The maximum absolute atomic E-state index is 12.7. The van der Waals surface area contributed by atoms with E-state index >= 15 is 0 Å². The highest BCUT2D eigenvalue weighted by Crippen LogP contribution is 2.45. The third-order valence-electron chi connectivity index (χ3n) is 6.18. The van der Waals surface area contributed by atoms with E-state index in [1.165, 1.54) is 12.8 Å². The van der Waals surface area contributed by atoms with Gasteiger partial charge in [0.1, 0.15) is 0 Å². The zero-order valence-corrected chi connectivity index (χ0v) is 16.8. The number of carbonyl (C=O) groups is 2. The summed E-state index contributed by atoms with van der Waals surface area (Å²) in [5, 5.41) is 4.60. The lowest BCUT2D eigenvalue weighted by atomic mass is 9.85. The van der Waals surface area contributed by atoms with E-state index in [9.17, 15) is 9.59 Å². The van der Waals surface area contributed by atoms with Crippen molar-refractivity contribution in [2.75, 3.05) is 20.1 Å². The zero-order chi connectivity index (χ0) is 19.1. The molecule has 1 aromatic rings. The third kappa shape index (κ3) is 3.51. The molecular formula is C20H32N4O2. The minimum atomic E-state index is 0.00416. The molecule has 1 saturated carbocycles. The van der Waals surface area contributed by atoms with Crippen molar-refractivity contribution in [3.8, 4) is 0 Å². The summed E-state index contributed by atoms with van der Waals surface area (Å²) in [6.07, 6.45) is 5.32. The fraction of sp³-hybridized carbons (Fsp3) is 0.750. The normalized spacial score (nSPS) is 19.2. The number of rotatable bonds is 5. The topological polar surface area (TPSA) is 58.4 Å². The number of aryl methyl sites for hydroxylation is 1. The zero-order valence-electron chi connectivity index (χ0n) is 16.8. The summed E-state index contributed by atoms with van der Waals surface area (Å²) < 4.78 is 2.01. The van der Waals surface area contributed by atoms with E-state index in [0.717, 1.165) is 36.3 Å². The van der Waals surface area contributed by atoms with Gasteiger partial charge in [0, 0.05) is 43.9 Å². The van der Waals surface area contributed by atoms with Crippen LogP contribution in [-0.4, -0.2) is 51.5 Å². The van der Waals surface area contributed by atoms with Crippen LogP contribution in [-0.2, 0) is 16.1 Å². The molecule has 0 aromatic carbocycles. The Hall–Kier alpha value is -1.85. The van der Waals surface area contributed by atoms with Crippen LogP contribution in [0, 0.1) is 19.3 Å². The maximum Gasteiger partial charge on any atom is 0.242 e. The Morgan fingerprint density at radius 2 is 1.92 bits per heavy atom. The van der Waals surface area contributed by atoms with Crippen LogP contribution in [0.15, 0.2) is 0 Å². The van der Waals surface area contributed by atoms with Gasteiger partial charge in [-0.1, -0.05) is 12.8 Å². The molecule has 1 saturated heterocycles. The second-order valence-corrected chi connectivity index (χ2v) is 8.57. The molecule has 1 aromatic heterocycles. The average Bonchev–Trinajstić information content (AvgIpc) is 3.22. The summed E-state index contributed by atoms with van der Waals surface area (Å²) >= 11 is 0. The predicted octanol–water partition coefficient (Wildman–Crippen LogP) is 2.83. The van der Waals surface area contributed by atoms with Gasteiger partial charge in [0.05, 0.1) is 12.2 Å². The van der Waals surface area contributed by atoms with E-state index in [1.807, 2.05) is 18.7 Å². The quantitative estimate of drug-likeness (QED) is 0.811. The Kier molecular flexibility index (Phi) is 5.13. The monoisotopic (exact) mass is 360 g/mol. The largest absolute Gasteiger partial charge is 0.340 e. The summed E-state index contributed by atoms with van der Waals surface area (Å²) in [7, 11) is 1.82. The summed E-state index contributed by atoms with van der Waals surface area (Å²) in [6.45, 7) is 9.76. The Balaban J connectivity index is 1.63. The van der Waals surface area contributed by atoms with Gasteiger partial charge in [-0.3, -0.25) is 14.3 Å². The van der Waals surface area contributed by atoms with Crippen LogP contribution in [0.3, 0.4) is 0 Å². The first-order chi connectivity index (χ1) is 12.2. The van der Waals surface area contributed by atoms with Gasteiger partial charge < -0.3 is 9.80 Å². The Labute approximate surface area is 156 Å². The smallest absolute Gasteiger partial charge is 0.242 e. The molecule has 0 bridgehead atoms. The molecule has 26 heavy (non-hydrogen) atoms. The van der Waals surface area contributed by atoms with E-state index in [0.29, 0.717) is 19.0 Å². The maximum atomic E-state index is 12.7. The second-order valence-electron chi connectivity index (χ2n) is 8.57. The molecule has 3 rings (SSSR count). The molecule has 2 heterocycles. The highest BCUT2D eigenvalue weighted by molar-refractivity contribution is 5.86. The molecule has 1 aliphatic carbocycles. The van der Waals surface area contributed by atoms with Gasteiger partial charge in [-0.25, -0.2) is 0 Å². The fourth-order valence-corrected chi connectivity index (χ4v) is 4.62. The van der Waals surface area contributed by atoms with Crippen molar-refractivity contribution in [3.05, 3.63) is 17.0 Å². The van der Waals surface area contributed by atoms with Crippen molar-refractivity contribution in [2.24, 2.45) is 5.41 Å². The molecule has 1 spiro atoms.